The van der Waals surface area contributed by atoms with Gasteiger partial charge in [0.05, 0.1) is 15.2 Å². The molecule has 0 amide bonds. The fourth-order valence-corrected chi connectivity index (χ4v) is 1.72. The zero-order chi connectivity index (χ0) is 10.5. The number of nitriles is 1. The summed E-state index contributed by atoms with van der Waals surface area (Å²) in [5.41, 5.74) is 3.54. The van der Waals surface area contributed by atoms with Crippen LogP contribution in [0.2, 0.25) is 13.1 Å². The number of methoxy groups -OCH3 is 1. The summed E-state index contributed by atoms with van der Waals surface area (Å²) in [7, 11) is -0.502. The highest BCUT2D eigenvalue weighted by atomic mass is 28.3. The van der Waals surface area contributed by atoms with Crippen LogP contribution >= 0.6 is 0 Å². The molecule has 0 aliphatic carbocycles. The Kier molecular flexibility index (Phi) is 4.15. The van der Waals surface area contributed by atoms with Crippen molar-refractivity contribution in [1.82, 2.24) is 0 Å². The molecule has 0 saturated heterocycles. The van der Waals surface area contributed by atoms with Gasteiger partial charge in [-0.1, -0.05) is 24.5 Å². The topological polar surface area (TPSA) is 50.1 Å². The first kappa shape index (κ1) is 11.7. The van der Waals surface area contributed by atoms with Gasteiger partial charge in [0.1, 0.15) is 11.6 Å². The normalized spacial score (nSPS) is 11.7. The molecule has 0 aliphatic rings. The summed E-state index contributed by atoms with van der Waals surface area (Å²) in [6.07, 6.45) is 0. The predicted molar refractivity (Wildman–Crippen MR) is 53.4 cm³/mol. The van der Waals surface area contributed by atoms with Crippen LogP contribution in [-0.2, 0) is 9.53 Å². The second-order valence-corrected chi connectivity index (χ2v) is 7.53. The van der Waals surface area contributed by atoms with Crippen molar-refractivity contribution in [3.8, 4) is 6.07 Å². The van der Waals surface area contributed by atoms with E-state index in [-0.39, 0.29) is 5.57 Å². The molecule has 0 bridgehead atoms. The van der Waals surface area contributed by atoms with Gasteiger partial charge in [0.25, 0.3) is 0 Å². The van der Waals surface area contributed by atoms with Crippen LogP contribution in [0.15, 0.2) is 23.6 Å². The summed E-state index contributed by atoms with van der Waals surface area (Å²) in [6.45, 7) is 7.63. The van der Waals surface area contributed by atoms with Crippen LogP contribution in [0.3, 0.4) is 0 Å². The maximum atomic E-state index is 11.0. The van der Waals surface area contributed by atoms with Crippen LogP contribution in [-0.4, -0.2) is 21.2 Å². The summed E-state index contributed by atoms with van der Waals surface area (Å²) < 4.78 is 4.45. The molecule has 0 N–H and O–H groups in total. The van der Waals surface area contributed by atoms with Gasteiger partial charge in [-0.05, 0) is 0 Å². The molecule has 3 nitrogen and oxygen atoms in total. The molecule has 4 heteroatoms. The van der Waals surface area contributed by atoms with Crippen molar-refractivity contribution in [3.05, 3.63) is 23.6 Å². The van der Waals surface area contributed by atoms with E-state index in [0.29, 0.717) is 0 Å². The molecular formula is C9H13NO2Si. The second-order valence-electron chi connectivity index (χ2n) is 3.19. The molecule has 0 atom stereocenters. The van der Waals surface area contributed by atoms with Gasteiger partial charge in [-0.15, -0.1) is 6.58 Å². The smallest absolute Gasteiger partial charge is 0.347 e. The van der Waals surface area contributed by atoms with Crippen LogP contribution in [0, 0.1) is 11.3 Å². The Morgan fingerprint density at radius 2 is 2.15 bits per heavy atom. The largest absolute Gasteiger partial charge is 0.465 e. The number of ether oxygens (including phenoxy) is 1. The summed E-state index contributed by atoms with van der Waals surface area (Å²) in [5.74, 6) is -0.579. The number of nitrogens with zero attached hydrogens (tertiary/aromatic N) is 1. The van der Waals surface area contributed by atoms with Gasteiger partial charge in [0.15, 0.2) is 0 Å². The Balaban J connectivity index is 4.90. The van der Waals surface area contributed by atoms with Gasteiger partial charge in [0.2, 0.25) is 0 Å². The van der Waals surface area contributed by atoms with Crippen molar-refractivity contribution in [2.75, 3.05) is 7.11 Å². The molecule has 70 valence electrons. The van der Waals surface area contributed by atoms with E-state index in [2.05, 4.69) is 11.3 Å². The van der Waals surface area contributed by atoms with E-state index in [0.717, 1.165) is 0 Å². The lowest BCUT2D eigenvalue weighted by Crippen LogP contribution is -2.21. The highest BCUT2D eigenvalue weighted by molar-refractivity contribution is 6.87. The van der Waals surface area contributed by atoms with Crippen LogP contribution in [0.25, 0.3) is 0 Å². The highest BCUT2D eigenvalue weighted by Gasteiger charge is 2.17. The molecule has 0 aromatic rings. The molecular weight excluding hydrogens is 182 g/mol. The maximum Gasteiger partial charge on any atom is 0.347 e. The quantitative estimate of drug-likeness (QED) is 0.297. The molecule has 0 radical (unpaired) electrons. The third-order valence-corrected chi connectivity index (χ3v) is 3.65. The fraction of sp³-hybridized carbons (Fsp3) is 0.333. The van der Waals surface area contributed by atoms with E-state index in [1.54, 1.807) is 11.4 Å². The van der Waals surface area contributed by atoms with Crippen LogP contribution in [0.5, 0.6) is 0 Å². The second kappa shape index (κ2) is 4.63. The van der Waals surface area contributed by atoms with E-state index < -0.39 is 14.0 Å². The average molecular weight is 195 g/mol. The minimum Gasteiger partial charge on any atom is -0.465 e. The highest BCUT2D eigenvalue weighted by Crippen LogP contribution is 2.09. The van der Waals surface area contributed by atoms with Gasteiger partial charge in [-0.2, -0.15) is 5.26 Å². The lowest BCUT2D eigenvalue weighted by atomic mass is 10.3. The Hall–Kier alpha value is -1.34. The molecule has 13 heavy (non-hydrogen) atoms. The number of esters is 1. The number of carbonyl (C=O) groups is 1. The average Bonchev–Trinajstić information content (AvgIpc) is 2.13. The van der Waals surface area contributed by atoms with Crippen LogP contribution < -0.4 is 0 Å². The first-order valence-electron chi connectivity index (χ1n) is 3.81. The number of carbonyl (C=O) groups excluding carboxylic acids is 1. The minimum atomic E-state index is -1.76. The van der Waals surface area contributed by atoms with E-state index >= 15 is 0 Å². The molecule has 0 fully saturated rings. The monoisotopic (exact) mass is 195 g/mol. The van der Waals surface area contributed by atoms with Crippen molar-refractivity contribution < 1.29 is 9.53 Å². The number of rotatable bonds is 3. The lowest BCUT2D eigenvalue weighted by Gasteiger charge is -2.10. The number of hydrogen-bond acceptors (Lipinski definition) is 3. The van der Waals surface area contributed by atoms with E-state index in [4.69, 9.17) is 5.26 Å². The first-order chi connectivity index (χ1) is 5.96. The molecule has 0 aromatic carbocycles. The summed E-state index contributed by atoms with van der Waals surface area (Å²) >= 11 is 0. The minimum absolute atomic E-state index is 0.0686. The summed E-state index contributed by atoms with van der Waals surface area (Å²) in [4.78, 5) is 11.0. The third kappa shape index (κ3) is 3.72. The molecule has 0 aromatic heterocycles. The Bertz CT molecular complexity index is 286. The zero-order valence-electron chi connectivity index (χ0n) is 8.13. The van der Waals surface area contributed by atoms with Gasteiger partial charge < -0.3 is 4.74 Å². The van der Waals surface area contributed by atoms with E-state index in [9.17, 15) is 4.79 Å². The SMILES string of the molecule is C=C[Si](C)(C)C=C(C#N)C(=O)OC. The van der Waals surface area contributed by atoms with Gasteiger partial charge in [-0.25, -0.2) is 4.79 Å². The summed E-state index contributed by atoms with van der Waals surface area (Å²) in [5, 5.41) is 8.66. The van der Waals surface area contributed by atoms with Crippen molar-refractivity contribution in [2.24, 2.45) is 0 Å². The van der Waals surface area contributed by atoms with Gasteiger partial charge >= 0.3 is 5.97 Å². The molecule has 0 unspecified atom stereocenters. The summed E-state index contributed by atoms with van der Waals surface area (Å²) in [6, 6.07) is 1.82. The van der Waals surface area contributed by atoms with Crippen molar-refractivity contribution >= 4 is 14.0 Å². The molecule has 0 rings (SSSR count). The lowest BCUT2D eigenvalue weighted by molar-refractivity contribution is -0.135. The van der Waals surface area contributed by atoms with Gasteiger partial charge in [-0.3, -0.25) is 0 Å². The predicted octanol–water partition coefficient (Wildman–Crippen LogP) is 1.58. The maximum absolute atomic E-state index is 11.0. The van der Waals surface area contributed by atoms with Crippen molar-refractivity contribution in [2.45, 2.75) is 13.1 Å². The molecule has 0 spiro atoms. The Labute approximate surface area is 79.3 Å². The Morgan fingerprint density at radius 3 is 2.46 bits per heavy atom. The third-order valence-electron chi connectivity index (χ3n) is 1.57. The van der Waals surface area contributed by atoms with Crippen molar-refractivity contribution in [3.63, 3.8) is 0 Å². The van der Waals surface area contributed by atoms with E-state index in [1.165, 1.54) is 7.11 Å². The molecule has 0 heterocycles. The fourth-order valence-electron chi connectivity index (χ4n) is 0.678. The van der Waals surface area contributed by atoms with Crippen LogP contribution in [0.4, 0.5) is 0 Å². The Morgan fingerprint density at radius 1 is 1.62 bits per heavy atom. The zero-order valence-corrected chi connectivity index (χ0v) is 9.13. The number of hydrogen-bond donors (Lipinski definition) is 0. The first-order valence-corrected chi connectivity index (χ1v) is 6.97. The standard InChI is InChI=1S/C9H13NO2Si/c1-5-13(3,4)7-8(6-10)9(11)12-2/h5,7H,1H2,2-4H3. The molecule has 0 aliphatic heterocycles. The van der Waals surface area contributed by atoms with Gasteiger partial charge in [0, 0.05) is 0 Å². The van der Waals surface area contributed by atoms with E-state index in [1.807, 2.05) is 19.2 Å². The van der Waals surface area contributed by atoms with Crippen LogP contribution in [0.1, 0.15) is 0 Å². The van der Waals surface area contributed by atoms with Crippen molar-refractivity contribution in [1.29, 1.82) is 5.26 Å². The molecule has 0 saturated carbocycles.